The Kier molecular flexibility index (Phi) is 7.49. The number of hydrogen-bond acceptors (Lipinski definition) is 4. The molecule has 0 aliphatic heterocycles. The Morgan fingerprint density at radius 3 is 2.31 bits per heavy atom. The molecule has 0 radical (unpaired) electrons. The van der Waals surface area contributed by atoms with Gasteiger partial charge in [-0.05, 0) is 61.4 Å². The van der Waals surface area contributed by atoms with Crippen molar-refractivity contribution < 1.29 is 14.3 Å². The van der Waals surface area contributed by atoms with E-state index in [2.05, 4.69) is 10.4 Å². The van der Waals surface area contributed by atoms with Crippen LogP contribution in [0.1, 0.15) is 43.2 Å². The molecule has 0 saturated heterocycles. The zero-order chi connectivity index (χ0) is 25.7. The van der Waals surface area contributed by atoms with Crippen LogP contribution in [0.15, 0.2) is 78.9 Å². The van der Waals surface area contributed by atoms with Crippen LogP contribution in [0.2, 0.25) is 0 Å². The molecule has 184 valence electrons. The van der Waals surface area contributed by atoms with E-state index >= 15 is 0 Å². The van der Waals surface area contributed by atoms with Crippen molar-refractivity contribution in [2.24, 2.45) is 0 Å². The molecule has 36 heavy (non-hydrogen) atoms. The van der Waals surface area contributed by atoms with Gasteiger partial charge in [-0.1, -0.05) is 42.5 Å². The first kappa shape index (κ1) is 24.7. The average Bonchev–Trinajstić information content (AvgIpc) is 3.15. The molecule has 0 spiro atoms. The zero-order valence-corrected chi connectivity index (χ0v) is 21.0. The van der Waals surface area contributed by atoms with E-state index in [0.717, 1.165) is 28.3 Å². The SMILES string of the molecule is Cc1nn(Cc2cccc(C(=O)N(C)C)c2)c(C)c1NC(=O)c1ccc(COc2ccccc2)cc1. The molecule has 4 aromatic rings. The number of ether oxygens (including phenoxy) is 1. The molecule has 0 atom stereocenters. The second-order valence-electron chi connectivity index (χ2n) is 8.86. The third-order valence-corrected chi connectivity index (χ3v) is 5.90. The van der Waals surface area contributed by atoms with E-state index in [0.29, 0.717) is 30.0 Å². The minimum Gasteiger partial charge on any atom is -0.489 e. The number of rotatable bonds is 8. The lowest BCUT2D eigenvalue weighted by Gasteiger charge is -2.12. The predicted molar refractivity (Wildman–Crippen MR) is 140 cm³/mol. The van der Waals surface area contributed by atoms with Crippen LogP contribution in [0.4, 0.5) is 5.69 Å². The smallest absolute Gasteiger partial charge is 0.255 e. The number of anilines is 1. The molecule has 0 fully saturated rings. The Morgan fingerprint density at radius 1 is 0.889 bits per heavy atom. The van der Waals surface area contributed by atoms with Crippen molar-refractivity contribution in [1.82, 2.24) is 14.7 Å². The summed E-state index contributed by atoms with van der Waals surface area (Å²) >= 11 is 0. The van der Waals surface area contributed by atoms with Crippen molar-refractivity contribution in [1.29, 1.82) is 0 Å². The van der Waals surface area contributed by atoms with Gasteiger partial charge in [0.2, 0.25) is 0 Å². The summed E-state index contributed by atoms with van der Waals surface area (Å²) in [5, 5.41) is 7.63. The van der Waals surface area contributed by atoms with Gasteiger partial charge < -0.3 is 15.0 Å². The minimum atomic E-state index is -0.199. The van der Waals surface area contributed by atoms with Crippen LogP contribution in [-0.4, -0.2) is 40.6 Å². The van der Waals surface area contributed by atoms with Crippen molar-refractivity contribution in [2.45, 2.75) is 27.0 Å². The van der Waals surface area contributed by atoms with Gasteiger partial charge in [-0.3, -0.25) is 14.3 Å². The summed E-state index contributed by atoms with van der Waals surface area (Å²) in [7, 11) is 3.47. The van der Waals surface area contributed by atoms with Gasteiger partial charge >= 0.3 is 0 Å². The molecule has 2 amide bonds. The molecule has 3 aromatic carbocycles. The number of benzene rings is 3. The van der Waals surface area contributed by atoms with E-state index in [9.17, 15) is 9.59 Å². The van der Waals surface area contributed by atoms with Crippen molar-refractivity contribution in [2.75, 3.05) is 19.4 Å². The molecule has 0 saturated carbocycles. The highest BCUT2D eigenvalue weighted by atomic mass is 16.5. The first-order chi connectivity index (χ1) is 17.3. The van der Waals surface area contributed by atoms with Crippen LogP contribution in [0.25, 0.3) is 0 Å². The lowest BCUT2D eigenvalue weighted by molar-refractivity contribution is 0.0827. The van der Waals surface area contributed by atoms with Gasteiger partial charge in [-0.25, -0.2) is 0 Å². The van der Waals surface area contributed by atoms with Crippen LogP contribution in [0.3, 0.4) is 0 Å². The molecule has 0 unspecified atom stereocenters. The largest absolute Gasteiger partial charge is 0.489 e. The quantitative estimate of drug-likeness (QED) is 0.380. The topological polar surface area (TPSA) is 76.5 Å². The molecule has 1 N–H and O–H groups in total. The Balaban J connectivity index is 1.42. The van der Waals surface area contributed by atoms with Gasteiger partial charge in [0.05, 0.1) is 23.6 Å². The number of hydrogen-bond donors (Lipinski definition) is 1. The van der Waals surface area contributed by atoms with Gasteiger partial charge in [0.15, 0.2) is 0 Å². The number of carbonyl (C=O) groups excluding carboxylic acids is 2. The summed E-state index contributed by atoms with van der Waals surface area (Å²) in [4.78, 5) is 26.8. The minimum absolute atomic E-state index is 0.0455. The number of nitrogens with one attached hydrogen (secondary N) is 1. The van der Waals surface area contributed by atoms with E-state index in [4.69, 9.17) is 4.74 Å². The Hall–Kier alpha value is -4.39. The van der Waals surface area contributed by atoms with E-state index in [1.54, 1.807) is 37.2 Å². The summed E-state index contributed by atoms with van der Waals surface area (Å²) in [6, 6.07) is 24.5. The van der Waals surface area contributed by atoms with Crippen LogP contribution in [0.5, 0.6) is 5.75 Å². The van der Waals surface area contributed by atoms with Gasteiger partial charge in [-0.15, -0.1) is 0 Å². The Labute approximate surface area is 211 Å². The maximum atomic E-state index is 12.9. The van der Waals surface area contributed by atoms with Gasteiger partial charge in [0, 0.05) is 25.2 Å². The molecule has 1 heterocycles. The van der Waals surface area contributed by atoms with Crippen molar-refractivity contribution in [3.8, 4) is 5.75 Å². The summed E-state index contributed by atoms with van der Waals surface area (Å²) in [5.74, 6) is 0.559. The molecule has 0 bridgehead atoms. The van der Waals surface area contributed by atoms with Gasteiger partial charge in [-0.2, -0.15) is 5.10 Å². The average molecular weight is 483 g/mol. The highest BCUT2D eigenvalue weighted by molar-refractivity contribution is 6.04. The first-order valence-electron chi connectivity index (χ1n) is 11.7. The molecule has 4 rings (SSSR count). The monoisotopic (exact) mass is 482 g/mol. The maximum Gasteiger partial charge on any atom is 0.255 e. The fourth-order valence-corrected chi connectivity index (χ4v) is 3.89. The van der Waals surface area contributed by atoms with E-state index in [-0.39, 0.29) is 11.8 Å². The third-order valence-electron chi connectivity index (χ3n) is 5.90. The summed E-state index contributed by atoms with van der Waals surface area (Å²) in [5.41, 5.74) is 5.39. The lowest BCUT2D eigenvalue weighted by Crippen LogP contribution is -2.21. The number of carbonyl (C=O) groups is 2. The Bertz CT molecular complexity index is 1360. The number of aryl methyl sites for hydroxylation is 1. The molecular formula is C29H30N4O3. The van der Waals surface area contributed by atoms with Crippen molar-refractivity contribution in [3.05, 3.63) is 113 Å². The third kappa shape index (κ3) is 5.81. The molecular weight excluding hydrogens is 452 g/mol. The molecule has 1 aromatic heterocycles. The number of nitrogens with zero attached hydrogens (tertiary/aromatic N) is 3. The zero-order valence-electron chi connectivity index (χ0n) is 21.0. The molecule has 7 nitrogen and oxygen atoms in total. The maximum absolute atomic E-state index is 12.9. The number of aromatic nitrogens is 2. The first-order valence-corrected chi connectivity index (χ1v) is 11.7. The summed E-state index contributed by atoms with van der Waals surface area (Å²) in [6.07, 6.45) is 0. The fraction of sp³-hybridized carbons (Fsp3) is 0.207. The summed E-state index contributed by atoms with van der Waals surface area (Å²) < 4.78 is 7.61. The van der Waals surface area contributed by atoms with Crippen molar-refractivity contribution in [3.63, 3.8) is 0 Å². The second kappa shape index (κ2) is 10.9. The van der Waals surface area contributed by atoms with Crippen LogP contribution in [-0.2, 0) is 13.2 Å². The molecule has 7 heteroatoms. The van der Waals surface area contributed by atoms with Crippen LogP contribution < -0.4 is 10.1 Å². The highest BCUT2D eigenvalue weighted by Gasteiger charge is 2.16. The lowest BCUT2D eigenvalue weighted by atomic mass is 10.1. The standard InChI is InChI=1S/C29H30N4O3/c1-20-27(21(2)33(31-20)18-23-9-8-10-25(17-23)29(35)32(3)4)30-28(34)24-15-13-22(14-16-24)19-36-26-11-6-5-7-12-26/h5-17H,18-19H2,1-4H3,(H,30,34). The fourth-order valence-electron chi connectivity index (χ4n) is 3.89. The predicted octanol–water partition coefficient (Wildman–Crippen LogP) is 5.08. The molecule has 0 aliphatic rings. The van der Waals surface area contributed by atoms with Gasteiger partial charge in [0.25, 0.3) is 11.8 Å². The molecule has 0 aliphatic carbocycles. The highest BCUT2D eigenvalue weighted by Crippen LogP contribution is 2.22. The second-order valence-corrected chi connectivity index (χ2v) is 8.86. The van der Waals surface area contributed by atoms with Gasteiger partial charge in [0.1, 0.15) is 12.4 Å². The van der Waals surface area contributed by atoms with E-state index in [1.165, 1.54) is 0 Å². The summed E-state index contributed by atoms with van der Waals surface area (Å²) in [6.45, 7) is 4.72. The van der Waals surface area contributed by atoms with Crippen molar-refractivity contribution >= 4 is 17.5 Å². The number of para-hydroxylation sites is 1. The Morgan fingerprint density at radius 2 is 1.61 bits per heavy atom. The van der Waals surface area contributed by atoms with E-state index in [1.807, 2.05) is 79.2 Å². The normalized spacial score (nSPS) is 10.7. The van der Waals surface area contributed by atoms with E-state index < -0.39 is 0 Å². The van der Waals surface area contributed by atoms with Crippen LogP contribution in [0, 0.1) is 13.8 Å². The number of amides is 2. The van der Waals surface area contributed by atoms with Crippen LogP contribution >= 0.6 is 0 Å².